The first-order chi connectivity index (χ1) is 23.7. The van der Waals surface area contributed by atoms with Gasteiger partial charge in [0.1, 0.15) is 0 Å². The van der Waals surface area contributed by atoms with Gasteiger partial charge in [-0.25, -0.2) is 0 Å². The number of hydrogen-bond donors (Lipinski definition) is 1. The van der Waals surface area contributed by atoms with E-state index < -0.39 is 0 Å². The molecule has 0 heterocycles. The van der Waals surface area contributed by atoms with Crippen LogP contribution in [0.15, 0.2) is 158 Å². The number of nitrogens with zero attached hydrogens (tertiary/aromatic N) is 1. The van der Waals surface area contributed by atoms with Gasteiger partial charge >= 0.3 is 0 Å². The van der Waals surface area contributed by atoms with Gasteiger partial charge in [-0.15, -0.1) is 0 Å². The molecule has 0 fully saturated rings. The van der Waals surface area contributed by atoms with E-state index in [2.05, 4.69) is 182 Å². The summed E-state index contributed by atoms with van der Waals surface area (Å²) in [6.07, 6.45) is 9.99. The number of aryl methyl sites for hydroxylation is 2. The van der Waals surface area contributed by atoms with E-state index in [1.165, 1.54) is 49.9 Å². The normalized spacial score (nSPS) is 11.8. The number of allylic oxidation sites excluding steroid dienone is 4. The van der Waals surface area contributed by atoms with E-state index in [1.807, 2.05) is 20.9 Å². The summed E-state index contributed by atoms with van der Waals surface area (Å²) in [6.45, 7) is 8.33. The van der Waals surface area contributed by atoms with E-state index in [0.717, 1.165) is 36.3 Å². The van der Waals surface area contributed by atoms with Gasteiger partial charge in [-0.1, -0.05) is 136 Å². The van der Waals surface area contributed by atoms with E-state index in [9.17, 15) is 0 Å². The molecule has 1 aliphatic carbocycles. The fourth-order valence-electron chi connectivity index (χ4n) is 6.23. The minimum atomic E-state index is 1.09. The van der Waals surface area contributed by atoms with Crippen LogP contribution < -0.4 is 10.2 Å². The van der Waals surface area contributed by atoms with Crippen LogP contribution in [0.4, 0.5) is 22.7 Å². The zero-order valence-corrected chi connectivity index (χ0v) is 29.1. The Morgan fingerprint density at radius 2 is 1.25 bits per heavy atom. The molecule has 6 aromatic rings. The maximum absolute atomic E-state index is 3.24. The van der Waals surface area contributed by atoms with Crippen LogP contribution in [0.5, 0.6) is 0 Å². The van der Waals surface area contributed by atoms with Crippen molar-refractivity contribution < 1.29 is 0 Å². The van der Waals surface area contributed by atoms with Crippen molar-refractivity contribution in [2.75, 3.05) is 17.3 Å². The van der Waals surface area contributed by atoms with Gasteiger partial charge in [-0.2, -0.15) is 0 Å². The second-order valence-corrected chi connectivity index (χ2v) is 11.7. The summed E-state index contributed by atoms with van der Waals surface area (Å²) in [5.74, 6) is 0. The van der Waals surface area contributed by atoms with Crippen molar-refractivity contribution in [1.82, 2.24) is 0 Å². The standard InChI is InChI=1S/C35H30N2.C9H12.C2H6/c1-36-29-18-22-31(23-19-29)37(30-20-16-27(17-21-30)26-10-4-2-5-11-26)35-25-24-32(28-12-6-3-7-13-28)33-14-8-9-15-34(33)35;1-3-9-7-5-4-6-8(9)2;1-2/h2-4,6-10,12-25,36H,5,11H2,1H3;4-7H,3H2,1-2H3;1-2H3. The summed E-state index contributed by atoms with van der Waals surface area (Å²) in [5, 5.41) is 5.72. The summed E-state index contributed by atoms with van der Waals surface area (Å²) < 4.78 is 0. The smallest absolute Gasteiger partial charge is 0.0540 e. The topological polar surface area (TPSA) is 15.3 Å². The Kier molecular flexibility index (Phi) is 12.0. The van der Waals surface area contributed by atoms with Crippen LogP contribution in [-0.4, -0.2) is 7.05 Å². The van der Waals surface area contributed by atoms with Crippen molar-refractivity contribution in [2.45, 2.75) is 47.0 Å². The van der Waals surface area contributed by atoms with Gasteiger partial charge < -0.3 is 10.2 Å². The predicted octanol–water partition coefficient (Wildman–Crippen LogP) is 13.3. The lowest BCUT2D eigenvalue weighted by Crippen LogP contribution is -2.11. The van der Waals surface area contributed by atoms with E-state index >= 15 is 0 Å². The monoisotopic (exact) mass is 628 g/mol. The summed E-state index contributed by atoms with van der Waals surface area (Å²) in [7, 11) is 1.95. The van der Waals surface area contributed by atoms with Crippen LogP contribution in [-0.2, 0) is 6.42 Å². The molecule has 6 aromatic carbocycles. The van der Waals surface area contributed by atoms with E-state index in [1.54, 1.807) is 0 Å². The van der Waals surface area contributed by atoms with E-state index in [0.29, 0.717) is 0 Å². The highest BCUT2D eigenvalue weighted by Gasteiger charge is 2.17. The highest BCUT2D eigenvalue weighted by atomic mass is 15.1. The molecule has 2 nitrogen and oxygen atoms in total. The van der Waals surface area contributed by atoms with Gasteiger partial charge in [0.2, 0.25) is 0 Å². The van der Waals surface area contributed by atoms with Crippen LogP contribution in [0.1, 0.15) is 50.3 Å². The Morgan fingerprint density at radius 3 is 1.85 bits per heavy atom. The van der Waals surface area contributed by atoms with Crippen molar-refractivity contribution in [1.29, 1.82) is 0 Å². The van der Waals surface area contributed by atoms with Gasteiger partial charge in [0.05, 0.1) is 5.69 Å². The number of rotatable bonds is 7. The van der Waals surface area contributed by atoms with Crippen molar-refractivity contribution in [3.05, 3.63) is 174 Å². The van der Waals surface area contributed by atoms with Gasteiger partial charge in [0, 0.05) is 29.5 Å². The molecule has 242 valence electrons. The van der Waals surface area contributed by atoms with Gasteiger partial charge in [-0.3, -0.25) is 0 Å². The molecule has 1 aliphatic rings. The number of fused-ring (bicyclic) bond motifs is 1. The zero-order chi connectivity index (χ0) is 33.7. The average molecular weight is 629 g/mol. The Morgan fingerprint density at radius 1 is 0.625 bits per heavy atom. The van der Waals surface area contributed by atoms with Crippen LogP contribution in [0, 0.1) is 6.92 Å². The first-order valence-corrected chi connectivity index (χ1v) is 17.3. The van der Waals surface area contributed by atoms with Crippen LogP contribution >= 0.6 is 0 Å². The molecular formula is C46H48N2. The van der Waals surface area contributed by atoms with E-state index in [-0.39, 0.29) is 0 Å². The predicted molar refractivity (Wildman–Crippen MR) is 212 cm³/mol. The zero-order valence-electron chi connectivity index (χ0n) is 29.1. The molecule has 0 saturated carbocycles. The molecule has 2 heteroatoms. The molecule has 0 bridgehead atoms. The Labute approximate surface area is 288 Å². The summed E-state index contributed by atoms with van der Waals surface area (Å²) in [4.78, 5) is 2.37. The molecule has 0 amide bonds. The van der Waals surface area contributed by atoms with Gasteiger partial charge in [0.25, 0.3) is 0 Å². The molecule has 0 atom stereocenters. The second-order valence-electron chi connectivity index (χ2n) is 11.7. The average Bonchev–Trinajstić information content (AvgIpc) is 3.17. The molecule has 1 N–H and O–H groups in total. The maximum atomic E-state index is 3.24. The van der Waals surface area contributed by atoms with Crippen LogP contribution in [0.3, 0.4) is 0 Å². The Hall–Kier alpha value is -5.34. The molecule has 0 saturated heterocycles. The van der Waals surface area contributed by atoms with Crippen molar-refractivity contribution in [3.63, 3.8) is 0 Å². The molecule has 0 spiro atoms. The van der Waals surface area contributed by atoms with Crippen molar-refractivity contribution in [2.24, 2.45) is 0 Å². The molecule has 48 heavy (non-hydrogen) atoms. The maximum Gasteiger partial charge on any atom is 0.0540 e. The third kappa shape index (κ3) is 7.96. The molecule has 7 rings (SSSR count). The third-order valence-electron chi connectivity index (χ3n) is 8.79. The molecular weight excluding hydrogens is 581 g/mol. The number of anilines is 4. The molecule has 0 aromatic heterocycles. The largest absolute Gasteiger partial charge is 0.388 e. The lowest BCUT2D eigenvalue weighted by Gasteiger charge is -2.28. The first-order valence-electron chi connectivity index (χ1n) is 17.3. The summed E-state index contributed by atoms with van der Waals surface area (Å²) >= 11 is 0. The minimum Gasteiger partial charge on any atom is -0.388 e. The quantitative estimate of drug-likeness (QED) is 0.189. The molecule has 0 unspecified atom stereocenters. The molecule has 0 radical (unpaired) electrons. The lowest BCUT2D eigenvalue weighted by molar-refractivity contribution is 1.05. The minimum absolute atomic E-state index is 1.09. The Balaban J connectivity index is 0.000000353. The van der Waals surface area contributed by atoms with Gasteiger partial charge in [0.15, 0.2) is 0 Å². The fraction of sp³-hybridized carbons (Fsp3) is 0.174. The van der Waals surface area contributed by atoms with Crippen LogP contribution in [0.25, 0.3) is 27.5 Å². The number of benzene rings is 6. The first kappa shape index (κ1) is 34.0. The van der Waals surface area contributed by atoms with Gasteiger partial charge in [-0.05, 0) is 107 Å². The number of hydrogen-bond acceptors (Lipinski definition) is 2. The number of nitrogens with one attached hydrogen (secondary N) is 1. The highest BCUT2D eigenvalue weighted by Crippen LogP contribution is 2.42. The highest BCUT2D eigenvalue weighted by molar-refractivity contribution is 6.06. The lowest BCUT2D eigenvalue weighted by atomic mass is 9.95. The SMILES string of the molecule is CC.CCc1ccccc1C.CNc1ccc(N(c2ccc(C3=CC=CCC3)cc2)c2ccc(-c3ccccc3)c3ccccc23)cc1. The Bertz CT molecular complexity index is 1950. The van der Waals surface area contributed by atoms with Crippen molar-refractivity contribution >= 4 is 39.1 Å². The second kappa shape index (κ2) is 17.0. The summed E-state index contributed by atoms with van der Waals surface area (Å²) in [5.41, 5.74) is 12.6. The van der Waals surface area contributed by atoms with Crippen LogP contribution in [0.2, 0.25) is 0 Å². The van der Waals surface area contributed by atoms with Crippen molar-refractivity contribution in [3.8, 4) is 11.1 Å². The molecule has 0 aliphatic heterocycles. The summed E-state index contributed by atoms with van der Waals surface area (Å²) in [6, 6.07) is 50.1. The fourth-order valence-corrected chi connectivity index (χ4v) is 6.23. The van der Waals surface area contributed by atoms with E-state index in [4.69, 9.17) is 0 Å². The third-order valence-corrected chi connectivity index (χ3v) is 8.79.